The first-order valence-corrected chi connectivity index (χ1v) is 8.62. The molecule has 0 radical (unpaired) electrons. The maximum Gasteiger partial charge on any atom is 0.437 e. The van der Waals surface area contributed by atoms with Gasteiger partial charge in [-0.25, -0.2) is 4.79 Å². The molecule has 2 aromatic rings. The predicted molar refractivity (Wildman–Crippen MR) is 90.6 cm³/mol. The molecule has 0 saturated carbocycles. The van der Waals surface area contributed by atoms with E-state index in [-0.39, 0.29) is 16.1 Å². The number of aliphatic hydroxyl groups is 1. The molecular weight excluding hydrogens is 403 g/mol. The number of thiophene rings is 1. The Morgan fingerprint density at radius 3 is 2.39 bits per heavy atom. The van der Waals surface area contributed by atoms with E-state index in [2.05, 4.69) is 5.32 Å². The molecule has 1 fully saturated rings. The summed E-state index contributed by atoms with van der Waals surface area (Å²) in [5, 5.41) is 26.2. The second kappa shape index (κ2) is 6.87. The lowest BCUT2D eigenvalue weighted by Gasteiger charge is -2.44. The van der Waals surface area contributed by atoms with Crippen LogP contribution in [0.25, 0.3) is 0 Å². The molecule has 0 spiro atoms. The third kappa shape index (κ3) is 3.31. The molecule has 0 aliphatic carbocycles. The van der Waals surface area contributed by atoms with Crippen LogP contribution in [0.15, 0.2) is 41.8 Å². The molecule has 3 N–H and O–H groups in total. The number of nitro groups is 1. The van der Waals surface area contributed by atoms with Gasteiger partial charge in [-0.05, 0) is 17.0 Å². The van der Waals surface area contributed by atoms with Crippen molar-refractivity contribution in [2.75, 3.05) is 0 Å². The summed E-state index contributed by atoms with van der Waals surface area (Å²) < 4.78 is 41.0. The van der Waals surface area contributed by atoms with E-state index in [0.717, 1.165) is 35.6 Å². The maximum absolute atomic E-state index is 13.7. The fourth-order valence-electron chi connectivity index (χ4n) is 2.99. The molecule has 0 unspecified atom stereocenters. The molecule has 2 amide bonds. The number of hydrogen-bond acceptors (Lipinski definition) is 6. The molecule has 1 aromatic heterocycles. The van der Waals surface area contributed by atoms with Crippen LogP contribution in [-0.2, 0) is 0 Å². The Morgan fingerprint density at radius 2 is 1.89 bits per heavy atom. The van der Waals surface area contributed by atoms with Crippen molar-refractivity contribution in [3.05, 3.63) is 62.3 Å². The fourth-order valence-corrected chi connectivity index (χ4v) is 3.70. The monoisotopic (exact) mass is 415 g/mol. The number of nitro benzene ring substituents is 1. The van der Waals surface area contributed by atoms with E-state index in [1.54, 1.807) is 0 Å². The molecule has 3 rings (SSSR count). The largest absolute Gasteiger partial charge is 0.437 e. The number of rotatable bonds is 4. The van der Waals surface area contributed by atoms with Crippen molar-refractivity contribution in [3.63, 3.8) is 0 Å². The Balaban J connectivity index is 2.12. The van der Waals surface area contributed by atoms with Crippen molar-refractivity contribution in [2.24, 2.45) is 5.92 Å². The van der Waals surface area contributed by atoms with E-state index in [4.69, 9.17) is 0 Å². The lowest BCUT2D eigenvalue weighted by atomic mass is 9.78. The van der Waals surface area contributed by atoms with Gasteiger partial charge in [-0.2, -0.15) is 13.2 Å². The zero-order chi connectivity index (χ0) is 20.7. The molecule has 28 heavy (non-hydrogen) atoms. The summed E-state index contributed by atoms with van der Waals surface area (Å²) in [5.41, 5.74) is -4.16. The van der Waals surface area contributed by atoms with Crippen molar-refractivity contribution < 1.29 is 32.8 Å². The van der Waals surface area contributed by atoms with Gasteiger partial charge in [0.05, 0.1) is 15.8 Å². The van der Waals surface area contributed by atoms with Crippen LogP contribution in [-0.4, -0.2) is 33.7 Å². The molecule has 3 atom stereocenters. The minimum Gasteiger partial charge on any atom is -0.363 e. The molecule has 2 heterocycles. The number of urea groups is 1. The van der Waals surface area contributed by atoms with Crippen molar-refractivity contribution in [2.45, 2.75) is 17.9 Å². The van der Waals surface area contributed by atoms with Gasteiger partial charge >= 0.3 is 12.2 Å². The standard InChI is InChI=1S/C16H12F3N3O5S/c17-16(18,19)15(25)11(13(23)10-2-1-7-28-10)12(20-14(24)21-15)8-3-5-9(6-4-8)22(26)27/h1-7,11-12,25H,(H2,20,21,24)/t11-,12-,15-/m1/s1. The van der Waals surface area contributed by atoms with E-state index in [1.807, 2.05) is 0 Å². The van der Waals surface area contributed by atoms with Crippen LogP contribution in [0.2, 0.25) is 0 Å². The Hall–Kier alpha value is -2.99. The molecule has 1 aromatic carbocycles. The minimum atomic E-state index is -5.36. The summed E-state index contributed by atoms with van der Waals surface area (Å²) in [6, 6.07) is 4.16. The zero-order valence-corrected chi connectivity index (χ0v) is 14.6. The molecule has 12 heteroatoms. The highest BCUT2D eigenvalue weighted by Crippen LogP contribution is 2.44. The van der Waals surface area contributed by atoms with E-state index in [9.17, 15) is 38.0 Å². The number of benzene rings is 1. The average Bonchev–Trinajstić information content (AvgIpc) is 3.14. The van der Waals surface area contributed by atoms with Gasteiger partial charge in [-0.15, -0.1) is 11.3 Å². The van der Waals surface area contributed by atoms with Gasteiger partial charge in [0.15, 0.2) is 5.78 Å². The highest BCUT2D eigenvalue weighted by molar-refractivity contribution is 7.12. The summed E-state index contributed by atoms with van der Waals surface area (Å²) in [6.45, 7) is 0. The molecule has 0 bridgehead atoms. The minimum absolute atomic E-state index is 0.00182. The van der Waals surface area contributed by atoms with Gasteiger partial charge in [0.1, 0.15) is 5.92 Å². The number of carbonyl (C=O) groups is 2. The summed E-state index contributed by atoms with van der Waals surface area (Å²) in [5.74, 6) is -3.20. The van der Waals surface area contributed by atoms with E-state index >= 15 is 0 Å². The summed E-state index contributed by atoms with van der Waals surface area (Å²) >= 11 is 0.883. The Kier molecular flexibility index (Phi) is 4.85. The van der Waals surface area contributed by atoms with Crippen molar-refractivity contribution in [3.8, 4) is 0 Å². The van der Waals surface area contributed by atoms with Gasteiger partial charge in [0.25, 0.3) is 5.69 Å². The number of halogens is 3. The highest BCUT2D eigenvalue weighted by atomic mass is 32.1. The lowest BCUT2D eigenvalue weighted by Crippen LogP contribution is -2.72. The van der Waals surface area contributed by atoms with Crippen LogP contribution in [0, 0.1) is 16.0 Å². The summed E-state index contributed by atoms with van der Waals surface area (Å²) in [4.78, 5) is 34.7. The first kappa shape index (κ1) is 19.8. The van der Waals surface area contributed by atoms with Gasteiger partial charge < -0.3 is 15.7 Å². The number of carbonyl (C=O) groups excluding carboxylic acids is 2. The van der Waals surface area contributed by atoms with Crippen LogP contribution < -0.4 is 10.6 Å². The lowest BCUT2D eigenvalue weighted by molar-refractivity contribution is -0.384. The van der Waals surface area contributed by atoms with E-state index in [1.165, 1.54) is 22.8 Å². The average molecular weight is 415 g/mol. The normalized spacial score (nSPS) is 24.9. The Labute approximate surface area is 159 Å². The Morgan fingerprint density at radius 1 is 1.25 bits per heavy atom. The first-order chi connectivity index (χ1) is 13.0. The third-order valence-corrected chi connectivity index (χ3v) is 5.20. The van der Waals surface area contributed by atoms with Gasteiger partial charge in [-0.1, -0.05) is 18.2 Å². The number of amides is 2. The number of ketones is 1. The molecular formula is C16H12F3N3O5S. The van der Waals surface area contributed by atoms with Crippen molar-refractivity contribution >= 4 is 28.8 Å². The van der Waals surface area contributed by atoms with Gasteiger partial charge in [-0.3, -0.25) is 14.9 Å². The van der Waals surface area contributed by atoms with E-state index in [0.29, 0.717) is 0 Å². The van der Waals surface area contributed by atoms with Crippen LogP contribution in [0.5, 0.6) is 0 Å². The summed E-state index contributed by atoms with van der Waals surface area (Å²) in [6.07, 6.45) is -5.36. The van der Waals surface area contributed by atoms with Crippen molar-refractivity contribution in [1.82, 2.24) is 10.6 Å². The van der Waals surface area contributed by atoms with Crippen LogP contribution in [0.1, 0.15) is 21.3 Å². The number of Topliss-reactive ketones (excluding diaryl/α,β-unsaturated/α-hetero) is 1. The maximum atomic E-state index is 13.7. The molecule has 1 aliphatic heterocycles. The van der Waals surface area contributed by atoms with Crippen LogP contribution in [0.3, 0.4) is 0 Å². The quantitative estimate of drug-likeness (QED) is 0.403. The fraction of sp³-hybridized carbons (Fsp3) is 0.250. The number of hydrogen-bond donors (Lipinski definition) is 3. The predicted octanol–water partition coefficient (Wildman–Crippen LogP) is 2.76. The molecule has 1 saturated heterocycles. The van der Waals surface area contributed by atoms with Gasteiger partial charge in [0.2, 0.25) is 5.72 Å². The number of nitrogens with one attached hydrogen (secondary N) is 2. The zero-order valence-electron chi connectivity index (χ0n) is 13.8. The second-order valence-corrected chi connectivity index (χ2v) is 6.96. The molecule has 148 valence electrons. The van der Waals surface area contributed by atoms with Crippen molar-refractivity contribution in [1.29, 1.82) is 0 Å². The van der Waals surface area contributed by atoms with E-state index < -0.39 is 40.6 Å². The number of alkyl halides is 3. The first-order valence-electron chi connectivity index (χ1n) is 7.74. The number of non-ortho nitro benzene ring substituents is 1. The topological polar surface area (TPSA) is 122 Å². The SMILES string of the molecule is O=C1N[C@H](c2ccc([N+](=O)[O-])cc2)[C@H](C(=O)c2cccs2)[C@@](O)(C(F)(F)F)N1. The third-order valence-electron chi connectivity index (χ3n) is 4.32. The second-order valence-electron chi connectivity index (χ2n) is 6.01. The van der Waals surface area contributed by atoms with Crippen LogP contribution in [0.4, 0.5) is 23.7 Å². The Bertz CT molecular complexity index is 917. The van der Waals surface area contributed by atoms with Crippen LogP contribution >= 0.6 is 11.3 Å². The smallest absolute Gasteiger partial charge is 0.363 e. The molecule has 1 aliphatic rings. The van der Waals surface area contributed by atoms with Gasteiger partial charge in [0, 0.05) is 12.1 Å². The highest BCUT2D eigenvalue weighted by Gasteiger charge is 2.66. The number of nitrogens with zero attached hydrogens (tertiary/aromatic N) is 1. The molecule has 8 nitrogen and oxygen atoms in total. The summed E-state index contributed by atoms with van der Waals surface area (Å²) in [7, 11) is 0.